The normalized spacial score (nSPS) is 12.0. The summed E-state index contributed by atoms with van der Waals surface area (Å²) in [6.45, 7) is 0. The first-order valence-corrected chi connectivity index (χ1v) is 5.67. The standard InChI is InChI=1S/C8H6F4N2O3S/c9-8(10,11)5-2-1-3-6(4-5)13-7(15)14-18(12,16)17/h1-4H,(H2,13,14,15). The number of amides is 2. The van der Waals surface area contributed by atoms with Crippen LogP contribution in [0.4, 0.5) is 27.5 Å². The maximum absolute atomic E-state index is 12.3. The number of carbonyl (C=O) groups is 1. The van der Waals surface area contributed by atoms with Crippen LogP contribution in [0.3, 0.4) is 0 Å². The van der Waals surface area contributed by atoms with Gasteiger partial charge in [-0.15, -0.1) is 0 Å². The minimum Gasteiger partial charge on any atom is -0.307 e. The number of hydrogen-bond acceptors (Lipinski definition) is 3. The Balaban J connectivity index is 2.83. The molecule has 100 valence electrons. The lowest BCUT2D eigenvalue weighted by atomic mass is 10.2. The maximum atomic E-state index is 12.3. The van der Waals surface area contributed by atoms with Crippen molar-refractivity contribution in [3.8, 4) is 0 Å². The lowest BCUT2D eigenvalue weighted by molar-refractivity contribution is -0.137. The number of rotatable bonds is 2. The van der Waals surface area contributed by atoms with Gasteiger partial charge in [0.2, 0.25) is 0 Å². The summed E-state index contributed by atoms with van der Waals surface area (Å²) < 4.78 is 69.9. The van der Waals surface area contributed by atoms with Gasteiger partial charge < -0.3 is 5.32 Å². The van der Waals surface area contributed by atoms with Crippen molar-refractivity contribution in [3.63, 3.8) is 0 Å². The van der Waals surface area contributed by atoms with Crippen molar-refractivity contribution in [2.24, 2.45) is 0 Å². The Hall–Kier alpha value is -1.84. The first-order valence-electron chi connectivity index (χ1n) is 4.28. The first-order chi connectivity index (χ1) is 8.08. The van der Waals surface area contributed by atoms with Crippen molar-refractivity contribution in [1.29, 1.82) is 0 Å². The van der Waals surface area contributed by atoms with Crippen LogP contribution in [0.25, 0.3) is 0 Å². The second-order valence-corrected chi connectivity index (χ2v) is 4.15. The van der Waals surface area contributed by atoms with Crippen LogP contribution in [0, 0.1) is 0 Å². The lowest BCUT2D eigenvalue weighted by Gasteiger charge is -2.09. The molecule has 1 aromatic rings. The van der Waals surface area contributed by atoms with E-state index in [-0.39, 0.29) is 5.69 Å². The molecule has 10 heteroatoms. The number of urea groups is 1. The highest BCUT2D eigenvalue weighted by molar-refractivity contribution is 7.84. The van der Waals surface area contributed by atoms with Crippen LogP contribution in [0.5, 0.6) is 0 Å². The smallest absolute Gasteiger partial charge is 0.307 e. The second kappa shape index (κ2) is 4.80. The summed E-state index contributed by atoms with van der Waals surface area (Å²) in [5.74, 6) is 0. The molecule has 0 aliphatic heterocycles. The molecule has 0 radical (unpaired) electrons. The third-order valence-corrected chi connectivity index (χ3v) is 2.09. The van der Waals surface area contributed by atoms with Crippen LogP contribution in [0.2, 0.25) is 0 Å². The average molecular weight is 286 g/mol. The Kier molecular flexibility index (Phi) is 3.79. The molecule has 0 aliphatic rings. The highest BCUT2D eigenvalue weighted by Crippen LogP contribution is 2.30. The molecule has 0 spiro atoms. The Morgan fingerprint density at radius 2 is 1.83 bits per heavy atom. The summed E-state index contributed by atoms with van der Waals surface area (Å²) >= 11 is 0. The fraction of sp³-hybridized carbons (Fsp3) is 0.125. The van der Waals surface area contributed by atoms with E-state index in [1.165, 1.54) is 0 Å². The fourth-order valence-corrected chi connectivity index (χ4v) is 1.31. The van der Waals surface area contributed by atoms with Gasteiger partial charge in [0, 0.05) is 5.69 Å². The SMILES string of the molecule is O=C(Nc1cccc(C(F)(F)F)c1)NS(=O)(=O)F. The molecule has 0 saturated carbocycles. The molecule has 2 amide bonds. The molecule has 18 heavy (non-hydrogen) atoms. The summed E-state index contributed by atoms with van der Waals surface area (Å²) in [4.78, 5) is 10.9. The Morgan fingerprint density at radius 1 is 1.22 bits per heavy atom. The van der Waals surface area contributed by atoms with Crippen molar-refractivity contribution in [3.05, 3.63) is 29.8 Å². The van der Waals surface area contributed by atoms with E-state index in [4.69, 9.17) is 0 Å². The van der Waals surface area contributed by atoms with E-state index in [0.717, 1.165) is 22.9 Å². The Morgan fingerprint density at radius 3 is 2.33 bits per heavy atom. The second-order valence-electron chi connectivity index (χ2n) is 3.07. The van der Waals surface area contributed by atoms with Crippen LogP contribution < -0.4 is 10.0 Å². The van der Waals surface area contributed by atoms with Gasteiger partial charge in [0.05, 0.1) is 5.56 Å². The number of nitrogens with one attached hydrogen (secondary N) is 2. The van der Waals surface area contributed by atoms with Crippen molar-refractivity contribution in [2.75, 3.05) is 5.32 Å². The number of hydrogen-bond donors (Lipinski definition) is 2. The molecule has 0 aliphatic carbocycles. The quantitative estimate of drug-likeness (QED) is 0.645. The summed E-state index contributed by atoms with van der Waals surface area (Å²) in [6, 6.07) is 1.92. The zero-order chi connectivity index (χ0) is 14.0. The number of carbonyl (C=O) groups excluding carboxylic acids is 1. The van der Waals surface area contributed by atoms with Gasteiger partial charge in [-0.3, -0.25) is 0 Å². The van der Waals surface area contributed by atoms with Gasteiger partial charge in [-0.05, 0) is 18.2 Å². The molecule has 0 heterocycles. The molecule has 0 unspecified atom stereocenters. The van der Waals surface area contributed by atoms with Crippen molar-refractivity contribution in [2.45, 2.75) is 6.18 Å². The number of halogens is 4. The predicted molar refractivity (Wildman–Crippen MR) is 53.6 cm³/mol. The van der Waals surface area contributed by atoms with Gasteiger partial charge >= 0.3 is 22.6 Å². The molecule has 1 aromatic carbocycles. The largest absolute Gasteiger partial charge is 0.416 e. The van der Waals surface area contributed by atoms with Gasteiger partial charge in [-0.1, -0.05) is 9.95 Å². The number of anilines is 1. The Bertz CT molecular complexity index is 556. The highest BCUT2D eigenvalue weighted by Gasteiger charge is 2.30. The van der Waals surface area contributed by atoms with Crippen LogP contribution in [-0.2, 0) is 16.6 Å². The zero-order valence-electron chi connectivity index (χ0n) is 8.45. The summed E-state index contributed by atoms with van der Waals surface area (Å²) in [6.07, 6.45) is -4.61. The van der Waals surface area contributed by atoms with E-state index >= 15 is 0 Å². The topological polar surface area (TPSA) is 75.3 Å². The predicted octanol–water partition coefficient (Wildman–Crippen LogP) is 2.04. The molecule has 0 fully saturated rings. The number of alkyl halides is 3. The molecule has 0 aromatic heterocycles. The van der Waals surface area contributed by atoms with Gasteiger partial charge in [-0.2, -0.15) is 21.6 Å². The monoisotopic (exact) mass is 286 g/mol. The zero-order valence-corrected chi connectivity index (χ0v) is 9.27. The minimum atomic E-state index is -5.27. The fourth-order valence-electron chi connectivity index (χ4n) is 1.04. The van der Waals surface area contributed by atoms with Crippen LogP contribution >= 0.6 is 0 Å². The lowest BCUT2D eigenvalue weighted by Crippen LogP contribution is -2.31. The van der Waals surface area contributed by atoms with E-state index in [1.807, 2.05) is 0 Å². The van der Waals surface area contributed by atoms with Gasteiger partial charge in [-0.25, -0.2) is 9.52 Å². The first kappa shape index (κ1) is 14.2. The van der Waals surface area contributed by atoms with E-state index in [0.29, 0.717) is 6.07 Å². The van der Waals surface area contributed by atoms with Crippen LogP contribution in [0.1, 0.15) is 5.56 Å². The van der Waals surface area contributed by atoms with Crippen LogP contribution in [-0.4, -0.2) is 14.4 Å². The van der Waals surface area contributed by atoms with Crippen molar-refractivity contribution in [1.82, 2.24) is 4.72 Å². The average Bonchev–Trinajstić information content (AvgIpc) is 2.13. The molecular formula is C8H6F4N2O3S. The Labute approximate surface area is 99.1 Å². The molecule has 5 nitrogen and oxygen atoms in total. The molecule has 0 atom stereocenters. The summed E-state index contributed by atoms with van der Waals surface area (Å²) in [5.41, 5.74) is -1.37. The van der Waals surface area contributed by atoms with E-state index < -0.39 is 28.2 Å². The third-order valence-electron chi connectivity index (χ3n) is 1.66. The summed E-state index contributed by atoms with van der Waals surface area (Å²) in [7, 11) is -5.27. The maximum Gasteiger partial charge on any atom is 0.416 e. The summed E-state index contributed by atoms with van der Waals surface area (Å²) in [5, 5.41) is 1.74. The van der Waals surface area contributed by atoms with E-state index in [2.05, 4.69) is 0 Å². The van der Waals surface area contributed by atoms with Crippen molar-refractivity contribution >= 4 is 22.1 Å². The van der Waals surface area contributed by atoms with Gasteiger partial charge in [0.15, 0.2) is 0 Å². The van der Waals surface area contributed by atoms with Crippen molar-refractivity contribution < 1.29 is 30.3 Å². The molecule has 0 bridgehead atoms. The van der Waals surface area contributed by atoms with Gasteiger partial charge in [0.25, 0.3) is 0 Å². The van der Waals surface area contributed by atoms with E-state index in [9.17, 15) is 30.3 Å². The molecule has 1 rings (SSSR count). The van der Waals surface area contributed by atoms with E-state index in [1.54, 1.807) is 5.32 Å². The molecule has 2 N–H and O–H groups in total. The molecular weight excluding hydrogens is 280 g/mol. The third kappa shape index (κ3) is 4.57. The minimum absolute atomic E-state index is 0.328. The van der Waals surface area contributed by atoms with Crippen LogP contribution in [0.15, 0.2) is 24.3 Å². The van der Waals surface area contributed by atoms with Gasteiger partial charge in [0.1, 0.15) is 0 Å². The molecule has 0 saturated heterocycles. The number of benzene rings is 1. The highest BCUT2D eigenvalue weighted by atomic mass is 32.3.